The van der Waals surface area contributed by atoms with Crippen LogP contribution in [-0.4, -0.2) is 27.9 Å². The Morgan fingerprint density at radius 3 is 2.75 bits per heavy atom. The van der Waals surface area contributed by atoms with Gasteiger partial charge in [-0.3, -0.25) is 9.59 Å². The van der Waals surface area contributed by atoms with Crippen molar-refractivity contribution in [3.05, 3.63) is 45.7 Å². The second kappa shape index (κ2) is 7.16. The lowest BCUT2D eigenvalue weighted by Crippen LogP contribution is -2.31. The molecule has 1 aromatic carbocycles. The summed E-state index contributed by atoms with van der Waals surface area (Å²) in [5, 5.41) is 3.11. The van der Waals surface area contributed by atoms with Crippen molar-refractivity contribution < 1.29 is 4.79 Å². The molecule has 1 aromatic heterocycles. The molecule has 2 N–H and O–H groups in total. The van der Waals surface area contributed by atoms with Crippen LogP contribution in [0.15, 0.2) is 39.1 Å². The van der Waals surface area contributed by atoms with E-state index in [1.165, 1.54) is 11.8 Å². The van der Waals surface area contributed by atoms with E-state index in [2.05, 4.69) is 21.2 Å². The molecule has 2 heterocycles. The monoisotopic (exact) mass is 357 g/mol. The Hall–Kier alpha value is -2.17. The number of amides is 1. The Bertz CT molecular complexity index is 869. The van der Waals surface area contributed by atoms with Crippen LogP contribution in [0, 0.1) is 12.3 Å². The number of nitrogens with one attached hydrogen (secondary N) is 2. The lowest BCUT2D eigenvalue weighted by molar-refractivity contribution is -0.116. The number of thioether (sulfide) groups is 2. The topological polar surface area (TPSA) is 74.8 Å². The molecule has 1 atom stereocenters. The van der Waals surface area contributed by atoms with Gasteiger partial charge in [0.05, 0.1) is 11.3 Å². The minimum Gasteiger partial charge on any atom is -0.310 e. The summed E-state index contributed by atoms with van der Waals surface area (Å²) in [6, 6.07) is 7.90. The number of carbonyl (C=O) groups is 1. The van der Waals surface area contributed by atoms with E-state index in [9.17, 15) is 9.59 Å². The zero-order chi connectivity index (χ0) is 17.1. The molecular weight excluding hydrogens is 342 g/mol. The molecule has 1 aliphatic heterocycles. The summed E-state index contributed by atoms with van der Waals surface area (Å²) in [6.45, 7) is 0. The van der Waals surface area contributed by atoms with Crippen LogP contribution < -0.4 is 10.9 Å². The summed E-state index contributed by atoms with van der Waals surface area (Å²) in [7, 11) is 0. The van der Waals surface area contributed by atoms with Crippen molar-refractivity contribution >= 4 is 35.2 Å². The van der Waals surface area contributed by atoms with Gasteiger partial charge in [0.2, 0.25) is 5.91 Å². The number of H-pyrrole nitrogens is 1. The van der Waals surface area contributed by atoms with Crippen molar-refractivity contribution in [3.8, 4) is 12.3 Å². The van der Waals surface area contributed by atoms with E-state index < -0.39 is 0 Å². The Kier molecular flexibility index (Phi) is 4.97. The van der Waals surface area contributed by atoms with Crippen molar-refractivity contribution in [2.45, 2.75) is 22.4 Å². The number of nitrogens with zero attached hydrogens (tertiary/aromatic N) is 1. The lowest BCUT2D eigenvalue weighted by Gasteiger charge is -2.24. The second-order valence-electron chi connectivity index (χ2n) is 5.20. The molecule has 2 aromatic rings. The fourth-order valence-corrected chi connectivity index (χ4v) is 3.60. The number of anilines is 1. The van der Waals surface area contributed by atoms with Crippen LogP contribution in [0.2, 0.25) is 0 Å². The van der Waals surface area contributed by atoms with Crippen LogP contribution in [0.1, 0.15) is 23.5 Å². The van der Waals surface area contributed by atoms with Crippen LogP contribution in [0.4, 0.5) is 5.82 Å². The Morgan fingerprint density at radius 2 is 2.08 bits per heavy atom. The number of aromatic nitrogens is 2. The SMILES string of the molecule is C#CCSc1nc2c(c(=O)[nH]1)[C@H](c1ccc(SC)cc1)CC(=O)N2. The number of rotatable bonds is 4. The van der Waals surface area contributed by atoms with Crippen LogP contribution >= 0.6 is 23.5 Å². The van der Waals surface area contributed by atoms with Crippen molar-refractivity contribution in [1.82, 2.24) is 9.97 Å². The molecule has 0 unspecified atom stereocenters. The first kappa shape index (κ1) is 16.7. The van der Waals surface area contributed by atoms with Gasteiger partial charge < -0.3 is 10.3 Å². The summed E-state index contributed by atoms with van der Waals surface area (Å²) < 4.78 is 0. The average Bonchev–Trinajstić information content (AvgIpc) is 2.59. The maximum Gasteiger partial charge on any atom is 0.257 e. The molecule has 0 spiro atoms. The molecule has 0 bridgehead atoms. The van der Waals surface area contributed by atoms with Gasteiger partial charge in [0.15, 0.2) is 5.16 Å². The van der Waals surface area contributed by atoms with Gasteiger partial charge in [-0.25, -0.2) is 4.98 Å². The first-order chi connectivity index (χ1) is 11.6. The molecular formula is C17H15N3O2S2. The minimum absolute atomic E-state index is 0.146. The van der Waals surface area contributed by atoms with Gasteiger partial charge in [-0.1, -0.05) is 29.8 Å². The predicted octanol–water partition coefficient (Wildman–Crippen LogP) is 2.69. The smallest absolute Gasteiger partial charge is 0.257 e. The molecule has 7 heteroatoms. The molecule has 1 amide bonds. The van der Waals surface area contributed by atoms with E-state index in [0.717, 1.165) is 10.5 Å². The fraction of sp³-hybridized carbons (Fsp3) is 0.235. The number of fused-ring (bicyclic) bond motifs is 1. The molecule has 0 radical (unpaired) electrons. The second-order valence-corrected chi connectivity index (χ2v) is 7.05. The molecule has 122 valence electrons. The first-order valence-corrected chi connectivity index (χ1v) is 9.47. The zero-order valence-electron chi connectivity index (χ0n) is 13.0. The van der Waals surface area contributed by atoms with Crippen molar-refractivity contribution in [3.63, 3.8) is 0 Å². The number of benzene rings is 1. The minimum atomic E-state index is -0.299. The summed E-state index contributed by atoms with van der Waals surface area (Å²) in [4.78, 5) is 32.8. The van der Waals surface area contributed by atoms with Gasteiger partial charge in [0, 0.05) is 17.2 Å². The number of hydrogen-bond donors (Lipinski definition) is 2. The summed E-state index contributed by atoms with van der Waals surface area (Å²) in [5.74, 6) is 2.76. The number of terminal acetylenes is 1. The maximum atomic E-state index is 12.5. The molecule has 3 rings (SSSR count). The summed E-state index contributed by atoms with van der Waals surface area (Å²) in [6.07, 6.45) is 7.47. The Morgan fingerprint density at radius 1 is 1.33 bits per heavy atom. The van der Waals surface area contributed by atoms with Crippen LogP contribution in [0.25, 0.3) is 0 Å². The van der Waals surface area contributed by atoms with E-state index in [0.29, 0.717) is 22.3 Å². The fourth-order valence-electron chi connectivity index (χ4n) is 2.65. The van der Waals surface area contributed by atoms with Gasteiger partial charge in [-0.15, -0.1) is 18.2 Å². The highest BCUT2D eigenvalue weighted by Gasteiger charge is 2.30. The van der Waals surface area contributed by atoms with Gasteiger partial charge >= 0.3 is 0 Å². The van der Waals surface area contributed by atoms with Gasteiger partial charge in [-0.05, 0) is 24.0 Å². The average molecular weight is 357 g/mol. The van der Waals surface area contributed by atoms with Crippen LogP contribution in [0.5, 0.6) is 0 Å². The number of hydrogen-bond acceptors (Lipinski definition) is 5. The largest absolute Gasteiger partial charge is 0.310 e. The van der Waals surface area contributed by atoms with E-state index in [1.54, 1.807) is 11.8 Å². The predicted molar refractivity (Wildman–Crippen MR) is 97.7 cm³/mol. The van der Waals surface area contributed by atoms with E-state index in [4.69, 9.17) is 6.42 Å². The quantitative estimate of drug-likeness (QED) is 0.500. The highest BCUT2D eigenvalue weighted by molar-refractivity contribution is 7.99. The van der Waals surface area contributed by atoms with Gasteiger partial charge in [0.1, 0.15) is 5.82 Å². The standard InChI is InChI=1S/C17H15N3O2S2/c1-3-8-24-17-19-15-14(16(22)20-17)12(9-13(21)18-15)10-4-6-11(23-2)7-5-10/h1,4-7,12H,8-9H2,2H3,(H2,18,19,20,21,22)/t12-/m0/s1. The zero-order valence-corrected chi connectivity index (χ0v) is 14.6. The van der Waals surface area contributed by atoms with Gasteiger partial charge in [-0.2, -0.15) is 0 Å². The van der Waals surface area contributed by atoms with E-state index in [-0.39, 0.29) is 23.8 Å². The summed E-state index contributed by atoms with van der Waals surface area (Å²) >= 11 is 2.90. The third-order valence-electron chi connectivity index (χ3n) is 3.74. The van der Waals surface area contributed by atoms with Gasteiger partial charge in [0.25, 0.3) is 5.56 Å². The Balaban J connectivity index is 2.04. The molecule has 5 nitrogen and oxygen atoms in total. The lowest BCUT2D eigenvalue weighted by atomic mass is 9.87. The van der Waals surface area contributed by atoms with Crippen molar-refractivity contribution in [2.24, 2.45) is 0 Å². The maximum absolute atomic E-state index is 12.5. The number of carbonyl (C=O) groups excluding carboxylic acids is 1. The highest BCUT2D eigenvalue weighted by atomic mass is 32.2. The molecule has 0 aliphatic carbocycles. The van der Waals surface area contributed by atoms with Crippen molar-refractivity contribution in [1.29, 1.82) is 0 Å². The highest BCUT2D eigenvalue weighted by Crippen LogP contribution is 2.34. The molecule has 0 fully saturated rings. The van der Waals surface area contributed by atoms with Crippen LogP contribution in [-0.2, 0) is 4.79 Å². The van der Waals surface area contributed by atoms with E-state index in [1.807, 2.05) is 30.5 Å². The molecule has 0 saturated heterocycles. The molecule has 24 heavy (non-hydrogen) atoms. The van der Waals surface area contributed by atoms with Crippen LogP contribution in [0.3, 0.4) is 0 Å². The van der Waals surface area contributed by atoms with Crippen molar-refractivity contribution in [2.75, 3.05) is 17.3 Å². The third-order valence-corrected chi connectivity index (χ3v) is 5.26. The first-order valence-electron chi connectivity index (χ1n) is 7.26. The molecule has 0 saturated carbocycles. The Labute approximate surface area is 148 Å². The summed E-state index contributed by atoms with van der Waals surface area (Å²) in [5.41, 5.74) is 1.19. The number of aromatic amines is 1. The molecule has 1 aliphatic rings. The van der Waals surface area contributed by atoms with E-state index >= 15 is 0 Å². The normalized spacial score (nSPS) is 16.2. The third kappa shape index (κ3) is 3.35.